The number of carbonyl (C=O) groups excluding carboxylic acids is 1. The minimum Gasteiger partial charge on any atom is -0.284 e. The minimum atomic E-state index is 0.201. The average molecular weight is 411 g/mol. The van der Waals surface area contributed by atoms with Gasteiger partial charge >= 0.3 is 0 Å². The first kappa shape index (κ1) is 18.1. The number of benzene rings is 2. The zero-order valence-electron chi connectivity index (χ0n) is 15.7. The Bertz CT molecular complexity index is 1000. The number of halogens is 1. The standard InChI is InChI=1S/C23H23ClN2OS/c24-19-8-9-20-21(13-19)28-23(25-20)26(14-15-4-2-1-3-5-15)22(27)12-18-11-16-6-7-17(18)10-16/h1-5,8-9,13,16-18H,6-7,10-12,14H2/t16-,17+,18+/m0/s1. The number of amides is 1. The van der Waals surface area contributed by atoms with Crippen LogP contribution in [0.2, 0.25) is 5.02 Å². The van der Waals surface area contributed by atoms with E-state index in [0.29, 0.717) is 23.9 Å². The third-order valence-corrected chi connectivity index (χ3v) is 7.65. The van der Waals surface area contributed by atoms with E-state index in [1.807, 2.05) is 41.3 Å². The summed E-state index contributed by atoms with van der Waals surface area (Å²) < 4.78 is 1.02. The number of anilines is 1. The largest absolute Gasteiger partial charge is 0.284 e. The Kier molecular flexibility index (Phi) is 4.85. The van der Waals surface area contributed by atoms with Gasteiger partial charge in [-0.2, -0.15) is 0 Å². The zero-order chi connectivity index (χ0) is 19.1. The van der Waals surface area contributed by atoms with Crippen molar-refractivity contribution >= 4 is 44.2 Å². The summed E-state index contributed by atoms with van der Waals surface area (Å²) in [5.41, 5.74) is 2.02. The van der Waals surface area contributed by atoms with Crippen LogP contribution in [0.15, 0.2) is 48.5 Å². The van der Waals surface area contributed by atoms with E-state index in [2.05, 4.69) is 12.1 Å². The molecule has 0 unspecified atom stereocenters. The number of hydrogen-bond acceptors (Lipinski definition) is 3. The molecule has 1 aromatic heterocycles. The maximum atomic E-state index is 13.4. The molecule has 5 heteroatoms. The van der Waals surface area contributed by atoms with Crippen molar-refractivity contribution in [3.63, 3.8) is 0 Å². The Hall–Kier alpha value is -1.91. The molecule has 28 heavy (non-hydrogen) atoms. The van der Waals surface area contributed by atoms with Crippen LogP contribution in [0.25, 0.3) is 10.2 Å². The Morgan fingerprint density at radius 1 is 1.14 bits per heavy atom. The Balaban J connectivity index is 1.44. The molecule has 5 rings (SSSR count). The van der Waals surface area contributed by atoms with Gasteiger partial charge in [0, 0.05) is 11.4 Å². The fourth-order valence-electron chi connectivity index (χ4n) is 4.99. The maximum Gasteiger partial charge on any atom is 0.229 e. The molecule has 1 heterocycles. The normalized spacial score (nSPS) is 23.4. The SMILES string of the molecule is O=C(C[C@H]1C[C@H]2CC[C@@H]1C2)N(Cc1ccccc1)c1nc2ccc(Cl)cc2s1. The molecule has 2 saturated carbocycles. The first-order valence-electron chi connectivity index (χ1n) is 10.1. The van der Waals surface area contributed by atoms with E-state index in [1.165, 1.54) is 25.7 Å². The molecule has 0 radical (unpaired) electrons. The number of nitrogens with zero attached hydrogens (tertiary/aromatic N) is 2. The Morgan fingerprint density at radius 2 is 2.00 bits per heavy atom. The van der Waals surface area contributed by atoms with Gasteiger partial charge in [-0.05, 0) is 60.8 Å². The molecule has 2 aromatic carbocycles. The lowest BCUT2D eigenvalue weighted by molar-refractivity contribution is -0.120. The third-order valence-electron chi connectivity index (χ3n) is 6.38. The number of thiazole rings is 1. The topological polar surface area (TPSA) is 33.2 Å². The highest BCUT2D eigenvalue weighted by Gasteiger charge is 2.41. The van der Waals surface area contributed by atoms with Crippen LogP contribution >= 0.6 is 22.9 Å². The maximum absolute atomic E-state index is 13.4. The number of fused-ring (bicyclic) bond motifs is 3. The fourth-order valence-corrected chi connectivity index (χ4v) is 6.25. The molecule has 0 N–H and O–H groups in total. The van der Waals surface area contributed by atoms with Crippen LogP contribution in [0.4, 0.5) is 5.13 Å². The van der Waals surface area contributed by atoms with Crippen molar-refractivity contribution in [3.8, 4) is 0 Å². The average Bonchev–Trinajstić information content (AvgIpc) is 3.41. The van der Waals surface area contributed by atoms with Gasteiger partial charge in [0.25, 0.3) is 0 Å². The summed E-state index contributed by atoms with van der Waals surface area (Å²) in [4.78, 5) is 20.0. The van der Waals surface area contributed by atoms with Gasteiger partial charge in [-0.15, -0.1) is 0 Å². The van der Waals surface area contributed by atoms with E-state index in [-0.39, 0.29) is 5.91 Å². The van der Waals surface area contributed by atoms with Gasteiger partial charge in [-0.25, -0.2) is 4.98 Å². The van der Waals surface area contributed by atoms with Crippen molar-refractivity contribution in [2.24, 2.45) is 17.8 Å². The van der Waals surface area contributed by atoms with Crippen molar-refractivity contribution in [1.29, 1.82) is 0 Å². The zero-order valence-corrected chi connectivity index (χ0v) is 17.3. The summed E-state index contributed by atoms with van der Waals surface area (Å²) in [6.07, 6.45) is 5.87. The van der Waals surface area contributed by atoms with Crippen LogP contribution in [0, 0.1) is 17.8 Å². The second kappa shape index (κ2) is 7.49. The van der Waals surface area contributed by atoms with Crippen molar-refractivity contribution in [2.75, 3.05) is 4.90 Å². The molecule has 3 atom stereocenters. The molecule has 144 valence electrons. The summed E-state index contributed by atoms with van der Waals surface area (Å²) in [6, 6.07) is 15.9. The first-order valence-corrected chi connectivity index (χ1v) is 11.3. The van der Waals surface area contributed by atoms with E-state index in [0.717, 1.165) is 32.7 Å². The minimum absolute atomic E-state index is 0.201. The lowest BCUT2D eigenvalue weighted by Gasteiger charge is -2.25. The molecule has 2 aliphatic carbocycles. The van der Waals surface area contributed by atoms with Crippen molar-refractivity contribution in [2.45, 2.75) is 38.6 Å². The van der Waals surface area contributed by atoms with Gasteiger partial charge in [0.1, 0.15) is 0 Å². The van der Waals surface area contributed by atoms with E-state index < -0.39 is 0 Å². The van der Waals surface area contributed by atoms with Crippen LogP contribution in [-0.4, -0.2) is 10.9 Å². The Labute approximate surface area is 174 Å². The van der Waals surface area contributed by atoms with Crippen molar-refractivity contribution in [3.05, 3.63) is 59.1 Å². The molecular formula is C23H23ClN2OS. The van der Waals surface area contributed by atoms with Gasteiger partial charge in [0.15, 0.2) is 5.13 Å². The molecule has 3 aromatic rings. The van der Waals surface area contributed by atoms with Gasteiger partial charge in [0.05, 0.1) is 16.8 Å². The molecule has 1 amide bonds. The highest BCUT2D eigenvalue weighted by Crippen LogP contribution is 2.49. The number of hydrogen-bond donors (Lipinski definition) is 0. The number of carbonyl (C=O) groups is 1. The van der Waals surface area contributed by atoms with Crippen LogP contribution in [0.3, 0.4) is 0 Å². The summed E-state index contributed by atoms with van der Waals surface area (Å²) >= 11 is 7.70. The third kappa shape index (κ3) is 3.56. The lowest BCUT2D eigenvalue weighted by atomic mass is 9.86. The predicted molar refractivity (Wildman–Crippen MR) is 116 cm³/mol. The molecule has 3 nitrogen and oxygen atoms in total. The van der Waals surface area contributed by atoms with Crippen molar-refractivity contribution < 1.29 is 4.79 Å². The van der Waals surface area contributed by atoms with Crippen LogP contribution in [-0.2, 0) is 11.3 Å². The monoisotopic (exact) mass is 410 g/mol. The van der Waals surface area contributed by atoms with E-state index in [4.69, 9.17) is 16.6 Å². The summed E-state index contributed by atoms with van der Waals surface area (Å²) in [6.45, 7) is 0.564. The molecule has 0 spiro atoms. The quantitative estimate of drug-likeness (QED) is 0.493. The van der Waals surface area contributed by atoms with Gasteiger partial charge in [-0.1, -0.05) is 59.7 Å². The Morgan fingerprint density at radius 3 is 2.75 bits per heavy atom. The van der Waals surface area contributed by atoms with E-state index in [9.17, 15) is 4.79 Å². The highest BCUT2D eigenvalue weighted by atomic mass is 35.5. The second-order valence-electron chi connectivity index (χ2n) is 8.21. The summed E-state index contributed by atoms with van der Waals surface area (Å²) in [7, 11) is 0. The molecule has 2 aliphatic rings. The molecule has 0 aliphatic heterocycles. The lowest BCUT2D eigenvalue weighted by Crippen LogP contribution is -2.32. The van der Waals surface area contributed by atoms with Crippen LogP contribution in [0.5, 0.6) is 0 Å². The van der Waals surface area contributed by atoms with E-state index in [1.54, 1.807) is 11.3 Å². The molecular weight excluding hydrogens is 388 g/mol. The first-order chi connectivity index (χ1) is 13.7. The van der Waals surface area contributed by atoms with Crippen LogP contribution in [0.1, 0.15) is 37.7 Å². The summed E-state index contributed by atoms with van der Waals surface area (Å²) in [5, 5.41) is 1.47. The second-order valence-corrected chi connectivity index (χ2v) is 9.66. The molecule has 2 bridgehead atoms. The highest BCUT2D eigenvalue weighted by molar-refractivity contribution is 7.22. The van der Waals surface area contributed by atoms with Crippen LogP contribution < -0.4 is 4.90 Å². The van der Waals surface area contributed by atoms with Crippen molar-refractivity contribution in [1.82, 2.24) is 4.98 Å². The van der Waals surface area contributed by atoms with Gasteiger partial charge in [-0.3, -0.25) is 9.69 Å². The molecule has 2 fully saturated rings. The number of aromatic nitrogens is 1. The summed E-state index contributed by atoms with van der Waals surface area (Å²) in [5.74, 6) is 2.36. The number of rotatable bonds is 5. The smallest absolute Gasteiger partial charge is 0.229 e. The fraction of sp³-hybridized carbons (Fsp3) is 0.391. The predicted octanol–water partition coefficient (Wildman–Crippen LogP) is 6.31. The molecule has 0 saturated heterocycles. The van der Waals surface area contributed by atoms with Gasteiger partial charge in [0.2, 0.25) is 5.91 Å². The van der Waals surface area contributed by atoms with Gasteiger partial charge < -0.3 is 0 Å². The van der Waals surface area contributed by atoms with E-state index >= 15 is 0 Å².